The molecule has 2 aromatic heterocycles. The number of likely N-dealkylation sites (N-methyl/N-ethyl adjacent to an activating group) is 1. The molecular weight excluding hydrogens is 476 g/mol. The highest BCUT2D eigenvalue weighted by Crippen LogP contribution is 2.27. The number of anilines is 3. The first kappa shape index (κ1) is 25.4. The summed E-state index contributed by atoms with van der Waals surface area (Å²) in [6.45, 7) is 6.23. The lowest BCUT2D eigenvalue weighted by Crippen LogP contribution is -2.43. The number of nitrogens with zero attached hydrogens (tertiary/aromatic N) is 6. The number of hydrogen-bond donors (Lipinski definition) is 2. The molecule has 37 heavy (non-hydrogen) atoms. The quantitative estimate of drug-likeness (QED) is 0.441. The van der Waals surface area contributed by atoms with Gasteiger partial charge in [0.25, 0.3) is 5.91 Å². The molecule has 2 atom stereocenters. The van der Waals surface area contributed by atoms with Crippen LogP contribution >= 0.6 is 0 Å². The number of nitrogens with one attached hydrogen (secondary N) is 1. The van der Waals surface area contributed by atoms with E-state index in [0.29, 0.717) is 18.1 Å². The molecule has 12 heteroatoms. The van der Waals surface area contributed by atoms with E-state index in [0.717, 1.165) is 16.7 Å². The molecule has 3 heterocycles. The summed E-state index contributed by atoms with van der Waals surface area (Å²) in [7, 11) is 1.85. The molecule has 3 N–H and O–H groups in total. The van der Waals surface area contributed by atoms with E-state index in [1.165, 1.54) is 24.7 Å². The second kappa shape index (κ2) is 10.9. The number of primary amides is 1. The van der Waals surface area contributed by atoms with Crippen LogP contribution in [0.2, 0.25) is 0 Å². The Balaban J connectivity index is 1.49. The molecule has 0 spiro atoms. The Morgan fingerprint density at radius 3 is 2.73 bits per heavy atom. The van der Waals surface area contributed by atoms with Gasteiger partial charge in [-0.05, 0) is 25.0 Å². The van der Waals surface area contributed by atoms with E-state index >= 15 is 0 Å². The zero-order valence-electron chi connectivity index (χ0n) is 20.6. The largest absolute Gasteiger partial charge is 0.443 e. The van der Waals surface area contributed by atoms with Gasteiger partial charge in [0.05, 0.1) is 30.3 Å². The van der Waals surface area contributed by atoms with Gasteiger partial charge in [-0.3, -0.25) is 9.59 Å². The summed E-state index contributed by atoms with van der Waals surface area (Å²) in [6, 6.07) is 9.17. The van der Waals surface area contributed by atoms with Gasteiger partial charge in [-0.2, -0.15) is 9.78 Å². The Morgan fingerprint density at radius 1 is 1.27 bits per heavy atom. The second-order valence-electron chi connectivity index (χ2n) is 8.57. The standard InChI is InChI=1S/C25H28N8O4/c1-4-21(34)32-11-10-19(16(32)2)31(3)20-13-27-22(23(26)35)24(30-20)29-18-12-28-33(14-18)25(36)37-15-17-8-6-5-7-9-17/h4-9,12-14,16,19H,1,10-11,15H2,2-3H3,(H2,26,35)(H,29,30)/t16-,19-/m1/s1. The highest BCUT2D eigenvalue weighted by Gasteiger charge is 2.36. The van der Waals surface area contributed by atoms with Crippen LogP contribution in [0.15, 0.2) is 61.6 Å². The molecule has 12 nitrogen and oxygen atoms in total. The van der Waals surface area contributed by atoms with Crippen LogP contribution in [0.3, 0.4) is 0 Å². The monoisotopic (exact) mass is 504 g/mol. The summed E-state index contributed by atoms with van der Waals surface area (Å²) in [5.74, 6) is -0.304. The van der Waals surface area contributed by atoms with E-state index < -0.39 is 12.0 Å². The molecule has 4 rings (SSSR count). The molecule has 1 saturated heterocycles. The normalized spacial score (nSPS) is 16.8. The molecule has 0 bridgehead atoms. The average Bonchev–Trinajstić information content (AvgIpc) is 3.53. The fourth-order valence-electron chi connectivity index (χ4n) is 4.27. The van der Waals surface area contributed by atoms with Gasteiger partial charge >= 0.3 is 6.09 Å². The maximum atomic E-state index is 12.4. The van der Waals surface area contributed by atoms with E-state index in [-0.39, 0.29) is 36.1 Å². The van der Waals surface area contributed by atoms with Crippen LogP contribution in [0, 0.1) is 0 Å². The molecule has 0 saturated carbocycles. The molecule has 1 fully saturated rings. The summed E-state index contributed by atoms with van der Waals surface area (Å²) < 4.78 is 6.31. The van der Waals surface area contributed by atoms with Crippen molar-refractivity contribution < 1.29 is 19.1 Å². The number of carbonyl (C=O) groups excluding carboxylic acids is 3. The molecule has 192 valence electrons. The first-order valence-electron chi connectivity index (χ1n) is 11.6. The molecule has 1 aromatic carbocycles. The molecule has 3 aromatic rings. The van der Waals surface area contributed by atoms with Crippen LogP contribution < -0.4 is 16.0 Å². The van der Waals surface area contributed by atoms with Gasteiger partial charge in [0, 0.05) is 19.6 Å². The number of benzene rings is 1. The highest BCUT2D eigenvalue weighted by molar-refractivity contribution is 5.96. The minimum atomic E-state index is -0.768. The minimum absolute atomic E-state index is 0.0207. The predicted molar refractivity (Wildman–Crippen MR) is 136 cm³/mol. The number of carbonyl (C=O) groups is 3. The van der Waals surface area contributed by atoms with Gasteiger partial charge in [-0.1, -0.05) is 36.9 Å². The smallest absolute Gasteiger partial charge is 0.435 e. The molecule has 0 radical (unpaired) electrons. The van der Waals surface area contributed by atoms with Gasteiger partial charge in [-0.25, -0.2) is 14.8 Å². The Kier molecular flexibility index (Phi) is 7.47. The number of hydrogen-bond acceptors (Lipinski definition) is 9. The fraction of sp³-hybridized carbons (Fsp3) is 0.280. The molecule has 1 aliphatic rings. The van der Waals surface area contributed by atoms with Crippen LogP contribution in [-0.4, -0.2) is 68.2 Å². The van der Waals surface area contributed by atoms with Crippen molar-refractivity contribution in [1.29, 1.82) is 0 Å². The van der Waals surface area contributed by atoms with Crippen molar-refractivity contribution in [2.24, 2.45) is 5.73 Å². The Hall–Kier alpha value is -4.74. The van der Waals surface area contributed by atoms with E-state index in [4.69, 9.17) is 10.5 Å². The topological polar surface area (TPSA) is 149 Å². The van der Waals surface area contributed by atoms with E-state index in [1.807, 2.05) is 49.2 Å². The Bertz CT molecular complexity index is 1310. The van der Waals surface area contributed by atoms with Gasteiger partial charge in [-0.15, -0.1) is 0 Å². The third-order valence-electron chi connectivity index (χ3n) is 6.26. The maximum absolute atomic E-state index is 12.4. The number of nitrogens with two attached hydrogens (primary N) is 1. The number of rotatable bonds is 8. The average molecular weight is 505 g/mol. The molecule has 0 unspecified atom stereocenters. The number of likely N-dealkylation sites (tertiary alicyclic amines) is 1. The lowest BCUT2D eigenvalue weighted by molar-refractivity contribution is -0.126. The summed E-state index contributed by atoms with van der Waals surface area (Å²) in [5, 5.41) is 6.99. The lowest BCUT2D eigenvalue weighted by Gasteiger charge is -2.31. The maximum Gasteiger partial charge on any atom is 0.435 e. The van der Waals surface area contributed by atoms with Crippen molar-refractivity contribution in [2.75, 3.05) is 23.8 Å². The van der Waals surface area contributed by atoms with Gasteiger partial charge in [0.15, 0.2) is 11.5 Å². The van der Waals surface area contributed by atoms with Crippen molar-refractivity contribution in [3.8, 4) is 0 Å². The van der Waals surface area contributed by atoms with Crippen LogP contribution in [-0.2, 0) is 16.1 Å². The molecular formula is C25H28N8O4. The van der Waals surface area contributed by atoms with Crippen molar-refractivity contribution in [1.82, 2.24) is 24.6 Å². The predicted octanol–water partition coefficient (Wildman–Crippen LogP) is 2.31. The molecule has 2 amide bonds. The Morgan fingerprint density at radius 2 is 2.03 bits per heavy atom. The fourth-order valence-corrected chi connectivity index (χ4v) is 4.27. The molecule has 1 aliphatic heterocycles. The zero-order chi connectivity index (χ0) is 26.5. The van der Waals surface area contributed by atoms with E-state index in [2.05, 4.69) is 27.0 Å². The summed E-state index contributed by atoms with van der Waals surface area (Å²) >= 11 is 0. The van der Waals surface area contributed by atoms with Crippen LogP contribution in [0.5, 0.6) is 0 Å². The number of ether oxygens (including phenoxy) is 1. The third-order valence-corrected chi connectivity index (χ3v) is 6.26. The van der Waals surface area contributed by atoms with Gasteiger partial charge < -0.3 is 25.6 Å². The second-order valence-corrected chi connectivity index (χ2v) is 8.57. The molecule has 0 aliphatic carbocycles. The van der Waals surface area contributed by atoms with Crippen LogP contribution in [0.4, 0.5) is 22.1 Å². The summed E-state index contributed by atoms with van der Waals surface area (Å²) in [5.41, 5.74) is 6.66. The zero-order valence-corrected chi connectivity index (χ0v) is 20.6. The Labute approximate surface area is 213 Å². The third kappa shape index (κ3) is 5.58. The van der Waals surface area contributed by atoms with Crippen molar-refractivity contribution >= 4 is 35.2 Å². The van der Waals surface area contributed by atoms with Gasteiger partial charge in [0.1, 0.15) is 12.4 Å². The van der Waals surface area contributed by atoms with Crippen molar-refractivity contribution in [2.45, 2.75) is 32.0 Å². The van der Waals surface area contributed by atoms with Crippen molar-refractivity contribution in [3.63, 3.8) is 0 Å². The summed E-state index contributed by atoms with van der Waals surface area (Å²) in [4.78, 5) is 49.0. The highest BCUT2D eigenvalue weighted by atomic mass is 16.6. The van der Waals surface area contributed by atoms with Crippen molar-refractivity contribution in [3.05, 3.63) is 72.8 Å². The van der Waals surface area contributed by atoms with Gasteiger partial charge in [0.2, 0.25) is 5.91 Å². The van der Waals surface area contributed by atoms with Crippen LogP contribution in [0.25, 0.3) is 0 Å². The van der Waals surface area contributed by atoms with E-state index in [9.17, 15) is 14.4 Å². The van der Waals surface area contributed by atoms with E-state index in [1.54, 1.807) is 4.90 Å². The SMILES string of the molecule is C=CC(=O)N1CC[C@@H](N(C)c2cnc(C(N)=O)c(Nc3cnn(C(=O)OCc4ccccc4)c3)n2)[C@H]1C. The lowest BCUT2D eigenvalue weighted by atomic mass is 10.1. The first-order valence-corrected chi connectivity index (χ1v) is 11.6. The first-order chi connectivity index (χ1) is 17.8. The number of aromatic nitrogens is 4. The minimum Gasteiger partial charge on any atom is -0.443 e. The summed E-state index contributed by atoms with van der Waals surface area (Å²) in [6.07, 6.45) is 5.64. The number of amides is 2. The van der Waals surface area contributed by atoms with Crippen LogP contribution in [0.1, 0.15) is 29.4 Å².